The van der Waals surface area contributed by atoms with Crippen LogP contribution < -0.4 is 9.62 Å². The minimum atomic E-state index is -3.74. The van der Waals surface area contributed by atoms with E-state index < -0.39 is 15.8 Å². The van der Waals surface area contributed by atoms with E-state index in [9.17, 15) is 12.8 Å². The zero-order valence-corrected chi connectivity index (χ0v) is 14.7. The molecule has 0 radical (unpaired) electrons. The standard InChI is InChI=1S/C20H17FN2O2S/c21-16-5-11-19(12-6-16)26(24,25)22-17-7-9-18(10-8-17)23-14-13-15-3-1-2-4-20(15)23/h1-12,22H,13-14H2. The maximum atomic E-state index is 13.0. The van der Waals surface area contributed by atoms with Crippen molar-refractivity contribution >= 4 is 27.1 Å². The van der Waals surface area contributed by atoms with Gasteiger partial charge in [-0.05, 0) is 66.6 Å². The predicted octanol–water partition coefficient (Wildman–Crippen LogP) is 4.32. The lowest BCUT2D eigenvalue weighted by molar-refractivity contribution is 0.599. The molecule has 0 bridgehead atoms. The molecule has 1 aliphatic heterocycles. The third-order valence-corrected chi connectivity index (χ3v) is 5.84. The molecule has 0 unspecified atom stereocenters. The molecule has 4 nitrogen and oxygen atoms in total. The molecule has 0 saturated heterocycles. The number of rotatable bonds is 4. The molecular formula is C20H17FN2O2S. The summed E-state index contributed by atoms with van der Waals surface area (Å²) >= 11 is 0. The van der Waals surface area contributed by atoms with E-state index in [0.29, 0.717) is 5.69 Å². The summed E-state index contributed by atoms with van der Waals surface area (Å²) in [5, 5.41) is 0. The molecule has 0 atom stereocenters. The van der Waals surface area contributed by atoms with Gasteiger partial charge in [-0.2, -0.15) is 0 Å². The van der Waals surface area contributed by atoms with Crippen molar-refractivity contribution in [2.75, 3.05) is 16.2 Å². The van der Waals surface area contributed by atoms with Crippen LogP contribution in [0.1, 0.15) is 5.56 Å². The molecule has 1 heterocycles. The second-order valence-corrected chi connectivity index (χ2v) is 7.82. The number of nitrogens with one attached hydrogen (secondary N) is 1. The smallest absolute Gasteiger partial charge is 0.261 e. The fourth-order valence-electron chi connectivity index (χ4n) is 3.14. The molecule has 0 aromatic heterocycles. The zero-order valence-electron chi connectivity index (χ0n) is 13.9. The van der Waals surface area contributed by atoms with Crippen LogP contribution >= 0.6 is 0 Å². The van der Waals surface area contributed by atoms with Gasteiger partial charge in [-0.1, -0.05) is 18.2 Å². The maximum absolute atomic E-state index is 13.0. The van der Waals surface area contributed by atoms with Gasteiger partial charge >= 0.3 is 0 Å². The highest BCUT2D eigenvalue weighted by Gasteiger charge is 2.20. The van der Waals surface area contributed by atoms with Crippen LogP contribution in [0.3, 0.4) is 0 Å². The number of hydrogen-bond acceptors (Lipinski definition) is 3. The van der Waals surface area contributed by atoms with E-state index in [-0.39, 0.29) is 4.90 Å². The zero-order chi connectivity index (χ0) is 18.1. The molecule has 1 aliphatic rings. The van der Waals surface area contributed by atoms with Gasteiger partial charge in [0.25, 0.3) is 10.0 Å². The van der Waals surface area contributed by atoms with E-state index in [1.165, 1.54) is 23.4 Å². The van der Waals surface area contributed by atoms with Gasteiger partial charge in [0, 0.05) is 23.6 Å². The van der Waals surface area contributed by atoms with Gasteiger partial charge in [0.2, 0.25) is 0 Å². The molecule has 0 saturated carbocycles. The highest BCUT2D eigenvalue weighted by molar-refractivity contribution is 7.92. The number of anilines is 3. The Bertz CT molecular complexity index is 1030. The van der Waals surface area contributed by atoms with Gasteiger partial charge < -0.3 is 4.90 Å². The molecule has 0 spiro atoms. The Balaban J connectivity index is 1.54. The fraction of sp³-hybridized carbons (Fsp3) is 0.100. The second kappa shape index (κ2) is 6.46. The van der Waals surface area contributed by atoms with Gasteiger partial charge in [-0.3, -0.25) is 4.72 Å². The van der Waals surface area contributed by atoms with Crippen molar-refractivity contribution < 1.29 is 12.8 Å². The Kier molecular flexibility index (Phi) is 4.12. The monoisotopic (exact) mass is 368 g/mol. The average Bonchev–Trinajstić information content (AvgIpc) is 3.07. The first-order chi connectivity index (χ1) is 12.5. The summed E-state index contributed by atoms with van der Waals surface area (Å²) in [7, 11) is -3.74. The molecule has 0 aliphatic carbocycles. The lowest BCUT2D eigenvalue weighted by Crippen LogP contribution is -2.14. The molecule has 3 aromatic rings. The van der Waals surface area contributed by atoms with Crippen molar-refractivity contribution in [3.8, 4) is 0 Å². The molecule has 0 fully saturated rings. The van der Waals surface area contributed by atoms with E-state index in [0.717, 1.165) is 30.8 Å². The Morgan fingerprint density at radius 3 is 2.31 bits per heavy atom. The largest absolute Gasteiger partial charge is 0.341 e. The van der Waals surface area contributed by atoms with Crippen LogP contribution in [-0.2, 0) is 16.4 Å². The minimum Gasteiger partial charge on any atom is -0.341 e. The lowest BCUT2D eigenvalue weighted by Gasteiger charge is -2.20. The average molecular weight is 368 g/mol. The molecule has 3 aromatic carbocycles. The van der Waals surface area contributed by atoms with E-state index in [2.05, 4.69) is 21.8 Å². The van der Waals surface area contributed by atoms with Crippen LogP contribution in [-0.4, -0.2) is 15.0 Å². The molecule has 26 heavy (non-hydrogen) atoms. The predicted molar refractivity (Wildman–Crippen MR) is 101 cm³/mol. The van der Waals surface area contributed by atoms with Crippen LogP contribution in [0.25, 0.3) is 0 Å². The second-order valence-electron chi connectivity index (χ2n) is 6.14. The highest BCUT2D eigenvalue weighted by Crippen LogP contribution is 2.34. The number of halogens is 1. The number of benzene rings is 3. The lowest BCUT2D eigenvalue weighted by atomic mass is 10.2. The summed E-state index contributed by atoms with van der Waals surface area (Å²) in [6.07, 6.45) is 0.995. The van der Waals surface area contributed by atoms with Crippen molar-refractivity contribution in [3.63, 3.8) is 0 Å². The summed E-state index contributed by atoms with van der Waals surface area (Å²) < 4.78 is 40.2. The van der Waals surface area contributed by atoms with Crippen LogP contribution in [0.15, 0.2) is 77.7 Å². The van der Waals surface area contributed by atoms with E-state index >= 15 is 0 Å². The van der Waals surface area contributed by atoms with Crippen molar-refractivity contribution in [3.05, 3.63) is 84.2 Å². The summed E-state index contributed by atoms with van der Waals surface area (Å²) in [4.78, 5) is 2.24. The Labute approximate surface area is 152 Å². The van der Waals surface area contributed by atoms with Crippen molar-refractivity contribution in [1.82, 2.24) is 0 Å². The number of nitrogens with zero attached hydrogens (tertiary/aromatic N) is 1. The summed E-state index contributed by atoms with van der Waals surface area (Å²) in [6.45, 7) is 0.903. The third-order valence-electron chi connectivity index (χ3n) is 4.44. The highest BCUT2D eigenvalue weighted by atomic mass is 32.2. The number of hydrogen-bond donors (Lipinski definition) is 1. The van der Waals surface area contributed by atoms with Gasteiger partial charge in [-0.15, -0.1) is 0 Å². The van der Waals surface area contributed by atoms with E-state index in [1.54, 1.807) is 12.1 Å². The SMILES string of the molecule is O=S(=O)(Nc1ccc(N2CCc3ccccc32)cc1)c1ccc(F)cc1. The van der Waals surface area contributed by atoms with Gasteiger partial charge in [0.1, 0.15) is 5.82 Å². The van der Waals surface area contributed by atoms with Crippen LogP contribution in [0, 0.1) is 5.82 Å². The van der Waals surface area contributed by atoms with Crippen molar-refractivity contribution in [2.24, 2.45) is 0 Å². The first-order valence-corrected chi connectivity index (χ1v) is 9.75. The number of para-hydroxylation sites is 1. The topological polar surface area (TPSA) is 49.4 Å². The number of sulfonamides is 1. The molecule has 0 amide bonds. The van der Waals surface area contributed by atoms with E-state index in [1.807, 2.05) is 24.3 Å². The van der Waals surface area contributed by atoms with Gasteiger partial charge in [0.15, 0.2) is 0 Å². The quantitative estimate of drug-likeness (QED) is 0.746. The van der Waals surface area contributed by atoms with Crippen LogP contribution in [0.4, 0.5) is 21.5 Å². The molecule has 4 rings (SSSR count). The normalized spacial score (nSPS) is 13.5. The Morgan fingerprint density at radius 2 is 1.58 bits per heavy atom. The van der Waals surface area contributed by atoms with Gasteiger partial charge in [0.05, 0.1) is 4.90 Å². The van der Waals surface area contributed by atoms with Crippen molar-refractivity contribution in [1.29, 1.82) is 0 Å². The fourth-order valence-corrected chi connectivity index (χ4v) is 4.20. The van der Waals surface area contributed by atoms with Crippen molar-refractivity contribution in [2.45, 2.75) is 11.3 Å². The first-order valence-electron chi connectivity index (χ1n) is 8.27. The maximum Gasteiger partial charge on any atom is 0.261 e. The van der Waals surface area contributed by atoms with Crippen LogP contribution in [0.2, 0.25) is 0 Å². The first kappa shape index (κ1) is 16.6. The summed E-state index contributed by atoms with van der Waals surface area (Å²) in [6, 6.07) is 20.3. The van der Waals surface area contributed by atoms with Gasteiger partial charge in [-0.25, -0.2) is 12.8 Å². The molecule has 6 heteroatoms. The summed E-state index contributed by atoms with van der Waals surface area (Å²) in [5.41, 5.74) is 3.98. The van der Waals surface area contributed by atoms with Crippen LogP contribution in [0.5, 0.6) is 0 Å². The third kappa shape index (κ3) is 3.15. The Morgan fingerprint density at radius 1 is 0.885 bits per heavy atom. The molecule has 132 valence electrons. The number of fused-ring (bicyclic) bond motifs is 1. The molecule has 1 N–H and O–H groups in total. The Hall–Kier alpha value is -2.86. The van der Waals surface area contributed by atoms with E-state index in [4.69, 9.17) is 0 Å². The summed E-state index contributed by atoms with van der Waals surface area (Å²) in [5.74, 6) is -0.473. The minimum absolute atomic E-state index is 0.0245. The molecular weight excluding hydrogens is 351 g/mol.